The molecule has 0 radical (unpaired) electrons. The SMILES string of the molecule is CC(C)(C)c1cc(C=C2C(=O)c3ccccc3C2=O)cc(C(C)(C)C)c1O. The van der Waals surface area contributed by atoms with Crippen molar-refractivity contribution in [1.82, 2.24) is 0 Å². The van der Waals surface area contributed by atoms with E-state index < -0.39 is 0 Å². The Labute approximate surface area is 160 Å². The van der Waals surface area contributed by atoms with Crippen molar-refractivity contribution < 1.29 is 14.7 Å². The summed E-state index contributed by atoms with van der Waals surface area (Å²) in [6, 6.07) is 10.7. The molecule has 0 fully saturated rings. The molecular weight excluding hydrogens is 336 g/mol. The Kier molecular flexibility index (Phi) is 4.38. The molecule has 0 heterocycles. The van der Waals surface area contributed by atoms with Crippen molar-refractivity contribution in [3.8, 4) is 5.75 Å². The van der Waals surface area contributed by atoms with E-state index in [4.69, 9.17) is 0 Å². The predicted octanol–water partition coefficient (Wildman–Crippen LogP) is 5.45. The van der Waals surface area contributed by atoms with Gasteiger partial charge in [0.2, 0.25) is 0 Å². The Morgan fingerprint density at radius 2 is 1.19 bits per heavy atom. The van der Waals surface area contributed by atoms with Gasteiger partial charge in [-0.2, -0.15) is 0 Å². The summed E-state index contributed by atoms with van der Waals surface area (Å²) in [5, 5.41) is 10.8. The maximum atomic E-state index is 12.7. The molecule has 3 nitrogen and oxygen atoms in total. The van der Waals surface area contributed by atoms with Crippen LogP contribution in [0.1, 0.15) is 78.9 Å². The zero-order valence-corrected chi connectivity index (χ0v) is 16.8. The highest BCUT2D eigenvalue weighted by Crippen LogP contribution is 2.40. The van der Waals surface area contributed by atoms with Crippen LogP contribution in [0.4, 0.5) is 0 Å². The third kappa shape index (κ3) is 3.34. The molecule has 3 heteroatoms. The molecule has 2 aromatic rings. The van der Waals surface area contributed by atoms with Gasteiger partial charge in [-0.3, -0.25) is 9.59 Å². The lowest BCUT2D eigenvalue weighted by molar-refractivity contribution is 0.0990. The first-order chi connectivity index (χ1) is 12.4. The summed E-state index contributed by atoms with van der Waals surface area (Å²) in [6.45, 7) is 12.2. The number of phenols is 1. The maximum Gasteiger partial charge on any atom is 0.197 e. The van der Waals surface area contributed by atoms with Crippen LogP contribution < -0.4 is 0 Å². The van der Waals surface area contributed by atoms with Crippen LogP contribution in [0.5, 0.6) is 5.75 Å². The highest BCUT2D eigenvalue weighted by atomic mass is 16.3. The summed E-state index contributed by atoms with van der Waals surface area (Å²) < 4.78 is 0. The van der Waals surface area contributed by atoms with Crippen molar-refractivity contribution in [2.24, 2.45) is 0 Å². The second-order valence-corrected chi connectivity index (χ2v) is 9.23. The standard InChI is InChI=1S/C24H26O3/c1-23(2,3)18-12-14(13-19(22(18)27)24(4,5)6)11-17-20(25)15-9-7-8-10-16(15)21(17)26/h7-13,27H,1-6H3. The van der Waals surface area contributed by atoms with Crippen LogP contribution in [-0.4, -0.2) is 16.7 Å². The Morgan fingerprint density at radius 1 is 0.778 bits per heavy atom. The fourth-order valence-electron chi connectivity index (χ4n) is 3.45. The van der Waals surface area contributed by atoms with Gasteiger partial charge in [0, 0.05) is 22.3 Å². The summed E-state index contributed by atoms with van der Waals surface area (Å²) in [7, 11) is 0. The van der Waals surface area contributed by atoms with E-state index in [1.807, 2.05) is 53.7 Å². The van der Waals surface area contributed by atoms with Crippen LogP contribution in [0.15, 0.2) is 42.0 Å². The molecule has 2 aromatic carbocycles. The van der Waals surface area contributed by atoms with Crippen LogP contribution in [0.2, 0.25) is 0 Å². The van der Waals surface area contributed by atoms with E-state index in [2.05, 4.69) is 0 Å². The molecule has 0 atom stereocenters. The molecule has 0 aromatic heterocycles. The first kappa shape index (κ1) is 19.1. The third-order valence-electron chi connectivity index (χ3n) is 4.96. The lowest BCUT2D eigenvalue weighted by Crippen LogP contribution is -2.17. The van der Waals surface area contributed by atoms with Crippen LogP contribution in [0.25, 0.3) is 6.08 Å². The van der Waals surface area contributed by atoms with Crippen molar-refractivity contribution in [2.75, 3.05) is 0 Å². The molecule has 1 aliphatic carbocycles. The average Bonchev–Trinajstić information content (AvgIpc) is 2.79. The number of hydrogen-bond donors (Lipinski definition) is 1. The summed E-state index contributed by atoms with van der Waals surface area (Å²) in [5.74, 6) is -0.193. The zero-order valence-electron chi connectivity index (χ0n) is 16.8. The Morgan fingerprint density at radius 3 is 1.56 bits per heavy atom. The van der Waals surface area contributed by atoms with Gasteiger partial charge in [-0.15, -0.1) is 0 Å². The predicted molar refractivity (Wildman–Crippen MR) is 109 cm³/mol. The van der Waals surface area contributed by atoms with E-state index in [1.165, 1.54) is 0 Å². The number of rotatable bonds is 1. The van der Waals surface area contributed by atoms with E-state index in [0.29, 0.717) is 11.1 Å². The van der Waals surface area contributed by atoms with Crippen molar-refractivity contribution in [1.29, 1.82) is 0 Å². The number of phenolic OH excluding ortho intramolecular Hbond substituents is 1. The van der Waals surface area contributed by atoms with Gasteiger partial charge >= 0.3 is 0 Å². The number of hydrogen-bond acceptors (Lipinski definition) is 3. The summed E-state index contributed by atoms with van der Waals surface area (Å²) in [4.78, 5) is 25.4. The minimum atomic E-state index is -0.273. The molecule has 0 saturated heterocycles. The molecule has 0 spiro atoms. The Balaban J connectivity index is 2.20. The molecule has 27 heavy (non-hydrogen) atoms. The molecular formula is C24H26O3. The lowest BCUT2D eigenvalue weighted by atomic mass is 9.78. The number of carbonyl (C=O) groups is 2. The second kappa shape index (κ2) is 6.19. The van der Waals surface area contributed by atoms with E-state index in [0.717, 1.165) is 16.7 Å². The van der Waals surface area contributed by atoms with Crippen molar-refractivity contribution >= 4 is 17.6 Å². The topological polar surface area (TPSA) is 54.4 Å². The van der Waals surface area contributed by atoms with E-state index >= 15 is 0 Å². The molecule has 0 saturated carbocycles. The van der Waals surface area contributed by atoms with Gasteiger partial charge < -0.3 is 5.11 Å². The number of Topliss-reactive ketones (excluding diaryl/α,β-unsaturated/α-hetero) is 2. The molecule has 0 aliphatic heterocycles. The second-order valence-electron chi connectivity index (χ2n) is 9.23. The monoisotopic (exact) mass is 362 g/mol. The van der Waals surface area contributed by atoms with Gasteiger partial charge in [0.05, 0.1) is 5.57 Å². The smallest absolute Gasteiger partial charge is 0.197 e. The fraction of sp³-hybridized carbons (Fsp3) is 0.333. The molecule has 1 N–H and O–H groups in total. The molecule has 1 aliphatic rings. The normalized spacial score (nSPS) is 14.5. The van der Waals surface area contributed by atoms with Gasteiger partial charge in [0.1, 0.15) is 5.75 Å². The van der Waals surface area contributed by atoms with Crippen molar-refractivity contribution in [3.05, 3.63) is 69.8 Å². The van der Waals surface area contributed by atoms with E-state index in [-0.39, 0.29) is 33.7 Å². The lowest BCUT2D eigenvalue weighted by Gasteiger charge is -2.28. The highest BCUT2D eigenvalue weighted by molar-refractivity contribution is 6.41. The molecule has 0 unspecified atom stereocenters. The molecule has 140 valence electrons. The van der Waals surface area contributed by atoms with Gasteiger partial charge in [-0.1, -0.05) is 65.8 Å². The number of ketones is 2. The molecule has 3 rings (SSSR count). The van der Waals surface area contributed by atoms with Crippen molar-refractivity contribution in [3.63, 3.8) is 0 Å². The van der Waals surface area contributed by atoms with Crippen LogP contribution in [0, 0.1) is 0 Å². The average molecular weight is 362 g/mol. The number of fused-ring (bicyclic) bond motifs is 1. The van der Waals surface area contributed by atoms with E-state index in [1.54, 1.807) is 30.3 Å². The first-order valence-electron chi connectivity index (χ1n) is 9.19. The zero-order chi connectivity index (χ0) is 20.1. The Hall–Kier alpha value is -2.68. The minimum absolute atomic E-state index is 0.182. The molecule has 0 bridgehead atoms. The largest absolute Gasteiger partial charge is 0.507 e. The van der Waals surface area contributed by atoms with Gasteiger partial charge in [-0.25, -0.2) is 0 Å². The Bertz CT molecular complexity index is 907. The molecule has 0 amide bonds. The van der Waals surface area contributed by atoms with Crippen LogP contribution >= 0.6 is 0 Å². The fourth-order valence-corrected chi connectivity index (χ4v) is 3.45. The number of allylic oxidation sites excluding steroid dienone is 1. The number of benzene rings is 2. The number of aromatic hydroxyl groups is 1. The summed E-state index contributed by atoms with van der Waals surface area (Å²) >= 11 is 0. The minimum Gasteiger partial charge on any atom is -0.507 e. The quantitative estimate of drug-likeness (QED) is 0.542. The van der Waals surface area contributed by atoms with Crippen LogP contribution in [0.3, 0.4) is 0 Å². The van der Waals surface area contributed by atoms with Gasteiger partial charge in [-0.05, 0) is 34.6 Å². The number of carbonyl (C=O) groups excluding carboxylic acids is 2. The third-order valence-corrected chi connectivity index (χ3v) is 4.96. The maximum absolute atomic E-state index is 12.7. The van der Waals surface area contributed by atoms with Crippen LogP contribution in [-0.2, 0) is 10.8 Å². The van der Waals surface area contributed by atoms with Gasteiger partial charge in [0.25, 0.3) is 0 Å². The van der Waals surface area contributed by atoms with Crippen molar-refractivity contribution in [2.45, 2.75) is 52.4 Å². The summed E-state index contributed by atoms with van der Waals surface area (Å²) in [5.41, 5.74) is 2.92. The van der Waals surface area contributed by atoms with E-state index in [9.17, 15) is 14.7 Å². The van der Waals surface area contributed by atoms with Gasteiger partial charge in [0.15, 0.2) is 11.6 Å². The summed E-state index contributed by atoms with van der Waals surface area (Å²) in [6.07, 6.45) is 1.66. The highest BCUT2D eigenvalue weighted by Gasteiger charge is 2.33. The first-order valence-corrected chi connectivity index (χ1v) is 9.19.